The normalized spacial score (nSPS) is 19.5. The van der Waals surface area contributed by atoms with E-state index in [0.717, 1.165) is 29.8 Å². The number of fused-ring (bicyclic) bond motifs is 1. The Hall–Kier alpha value is -1.52. The number of para-hydroxylation sites is 1. The van der Waals surface area contributed by atoms with Crippen molar-refractivity contribution in [3.05, 3.63) is 42.1 Å². The molecule has 0 radical (unpaired) electrons. The largest absolute Gasteiger partial charge is 0.376 e. The first-order valence-electron chi connectivity index (χ1n) is 6.25. The van der Waals surface area contributed by atoms with Crippen LogP contribution in [0, 0.1) is 0 Å². The van der Waals surface area contributed by atoms with E-state index in [1.807, 2.05) is 36.1 Å². The van der Waals surface area contributed by atoms with Gasteiger partial charge in [-0.1, -0.05) is 31.7 Å². The van der Waals surface area contributed by atoms with Crippen LogP contribution in [0.25, 0.3) is 0 Å². The fourth-order valence-corrected chi connectivity index (χ4v) is 2.35. The number of rotatable bonds is 5. The molecule has 1 aromatic carbocycles. The summed E-state index contributed by atoms with van der Waals surface area (Å²) in [6, 6.07) is 7.75. The van der Waals surface area contributed by atoms with E-state index in [-0.39, 0.29) is 12.8 Å². The third-order valence-electron chi connectivity index (χ3n) is 3.43. The lowest BCUT2D eigenvalue weighted by molar-refractivity contribution is 0.108. The van der Waals surface area contributed by atoms with Gasteiger partial charge >= 0.3 is 0 Å². The Balaban J connectivity index is 2.14. The Morgan fingerprint density at radius 1 is 1.56 bits per heavy atom. The Morgan fingerprint density at radius 3 is 2.94 bits per heavy atom. The molecule has 0 aliphatic carbocycles. The van der Waals surface area contributed by atoms with E-state index >= 15 is 0 Å². The minimum absolute atomic E-state index is 0.0982. The first kappa shape index (κ1) is 12.9. The van der Waals surface area contributed by atoms with Gasteiger partial charge in [0.2, 0.25) is 0 Å². The van der Waals surface area contributed by atoms with Crippen molar-refractivity contribution in [1.82, 2.24) is 5.32 Å². The summed E-state index contributed by atoms with van der Waals surface area (Å²) >= 11 is 0. The molecule has 0 aromatic heterocycles. The Kier molecular flexibility index (Phi) is 3.89. The van der Waals surface area contributed by atoms with E-state index in [1.165, 1.54) is 0 Å². The number of nitrogens with zero attached hydrogens (tertiary/aromatic N) is 1. The molecular weight excluding hydrogens is 228 g/mol. The molecule has 0 saturated heterocycles. The van der Waals surface area contributed by atoms with Crippen molar-refractivity contribution in [3.8, 4) is 0 Å². The molecule has 1 aliphatic heterocycles. The Bertz CT molecular complexity index is 434. The van der Waals surface area contributed by atoms with Gasteiger partial charge in [0.1, 0.15) is 13.0 Å². The molecule has 2 atom stereocenters. The van der Waals surface area contributed by atoms with Gasteiger partial charge in [0, 0.05) is 11.4 Å². The molecule has 1 heterocycles. The fourth-order valence-electron chi connectivity index (χ4n) is 2.35. The highest BCUT2D eigenvalue weighted by Gasteiger charge is 2.33. The summed E-state index contributed by atoms with van der Waals surface area (Å²) in [6.45, 7) is 5.72. The zero-order valence-corrected chi connectivity index (χ0v) is 10.6. The number of anilines is 1. The van der Waals surface area contributed by atoms with E-state index in [2.05, 4.69) is 11.9 Å². The molecule has 98 valence electrons. The number of hydrogen-bond donors (Lipinski definition) is 3. The molecule has 4 nitrogen and oxygen atoms in total. The number of aliphatic hydroxyl groups excluding tert-OH is 2. The van der Waals surface area contributed by atoms with Gasteiger partial charge in [0.05, 0.1) is 6.04 Å². The maximum atomic E-state index is 10.2. The monoisotopic (exact) mass is 248 g/mol. The first-order valence-corrected chi connectivity index (χ1v) is 6.25. The van der Waals surface area contributed by atoms with Gasteiger partial charge in [-0.05, 0) is 24.5 Å². The van der Waals surface area contributed by atoms with Crippen LogP contribution < -0.4 is 10.2 Å². The predicted octanol–water partition coefficient (Wildman–Crippen LogP) is 1.20. The third-order valence-corrected chi connectivity index (χ3v) is 3.43. The molecule has 0 amide bonds. The summed E-state index contributed by atoms with van der Waals surface area (Å²) < 4.78 is 0. The molecule has 2 rings (SSSR count). The molecule has 0 spiro atoms. The van der Waals surface area contributed by atoms with Crippen LogP contribution in [0.2, 0.25) is 0 Å². The summed E-state index contributed by atoms with van der Waals surface area (Å²) in [7, 11) is 0. The molecule has 1 aliphatic rings. The van der Waals surface area contributed by atoms with E-state index in [0.29, 0.717) is 0 Å². The SMILES string of the molecule is C=C(CC)NC(O)[C@@H]1Cc2ccccc2N1CO. The van der Waals surface area contributed by atoms with Gasteiger partial charge in [-0.15, -0.1) is 0 Å². The van der Waals surface area contributed by atoms with Crippen LogP contribution in [0.4, 0.5) is 5.69 Å². The maximum absolute atomic E-state index is 10.2. The minimum atomic E-state index is -0.725. The average molecular weight is 248 g/mol. The maximum Gasteiger partial charge on any atom is 0.145 e. The lowest BCUT2D eigenvalue weighted by Crippen LogP contribution is -2.48. The topological polar surface area (TPSA) is 55.7 Å². The zero-order valence-electron chi connectivity index (χ0n) is 10.6. The van der Waals surface area contributed by atoms with Gasteiger partial charge in [0.15, 0.2) is 0 Å². The third kappa shape index (κ3) is 2.35. The first-order chi connectivity index (χ1) is 8.67. The molecule has 4 heteroatoms. The summed E-state index contributed by atoms with van der Waals surface area (Å²) in [4.78, 5) is 1.82. The van der Waals surface area contributed by atoms with Crippen LogP contribution in [-0.4, -0.2) is 29.2 Å². The van der Waals surface area contributed by atoms with Crippen molar-refractivity contribution < 1.29 is 10.2 Å². The second-order valence-corrected chi connectivity index (χ2v) is 4.56. The second-order valence-electron chi connectivity index (χ2n) is 4.56. The van der Waals surface area contributed by atoms with E-state index in [4.69, 9.17) is 0 Å². The van der Waals surface area contributed by atoms with E-state index in [1.54, 1.807) is 0 Å². The minimum Gasteiger partial charge on any atom is -0.376 e. The van der Waals surface area contributed by atoms with Crippen LogP contribution in [0.1, 0.15) is 18.9 Å². The molecule has 1 aromatic rings. The quantitative estimate of drug-likeness (QED) is 0.685. The molecule has 18 heavy (non-hydrogen) atoms. The van der Waals surface area contributed by atoms with Crippen LogP contribution in [0.3, 0.4) is 0 Å². The van der Waals surface area contributed by atoms with Gasteiger partial charge in [-0.2, -0.15) is 0 Å². The molecule has 0 saturated carbocycles. The van der Waals surface area contributed by atoms with Gasteiger partial charge in [0.25, 0.3) is 0 Å². The van der Waals surface area contributed by atoms with Gasteiger partial charge < -0.3 is 20.4 Å². The van der Waals surface area contributed by atoms with Gasteiger partial charge in [-0.3, -0.25) is 0 Å². The molecule has 0 bridgehead atoms. The van der Waals surface area contributed by atoms with Crippen LogP contribution in [-0.2, 0) is 6.42 Å². The van der Waals surface area contributed by atoms with E-state index < -0.39 is 6.23 Å². The molecular formula is C14H20N2O2. The number of benzene rings is 1. The predicted molar refractivity (Wildman–Crippen MR) is 72.1 cm³/mol. The molecule has 3 N–H and O–H groups in total. The summed E-state index contributed by atoms with van der Waals surface area (Å²) in [5, 5.41) is 22.7. The number of allylic oxidation sites excluding steroid dienone is 1. The van der Waals surface area contributed by atoms with Crippen LogP contribution in [0.15, 0.2) is 36.5 Å². The summed E-state index contributed by atoms with van der Waals surface area (Å²) in [5.41, 5.74) is 2.95. The van der Waals surface area contributed by atoms with Gasteiger partial charge in [-0.25, -0.2) is 0 Å². The van der Waals surface area contributed by atoms with Crippen molar-refractivity contribution in [2.24, 2.45) is 0 Å². The number of hydrogen-bond acceptors (Lipinski definition) is 4. The average Bonchev–Trinajstić information content (AvgIpc) is 2.77. The van der Waals surface area contributed by atoms with Crippen molar-refractivity contribution in [2.75, 3.05) is 11.6 Å². The standard InChI is InChI=1S/C14H20N2O2/c1-3-10(2)15-14(18)13-8-11-6-4-5-7-12(11)16(13)9-17/h4-7,13-15,17-18H,2-3,8-9H2,1H3/t13-,14?/m0/s1. The van der Waals surface area contributed by atoms with Crippen LogP contribution >= 0.6 is 0 Å². The van der Waals surface area contributed by atoms with E-state index in [9.17, 15) is 10.2 Å². The fraction of sp³-hybridized carbons (Fsp3) is 0.429. The highest BCUT2D eigenvalue weighted by molar-refractivity contribution is 5.59. The lowest BCUT2D eigenvalue weighted by Gasteiger charge is -2.30. The number of nitrogens with one attached hydrogen (secondary N) is 1. The lowest BCUT2D eigenvalue weighted by atomic mass is 10.1. The smallest absolute Gasteiger partial charge is 0.145 e. The highest BCUT2D eigenvalue weighted by atomic mass is 16.3. The summed E-state index contributed by atoms with van der Waals surface area (Å²) in [6.07, 6.45) is 0.773. The Labute approximate surface area is 108 Å². The Morgan fingerprint density at radius 2 is 2.28 bits per heavy atom. The molecule has 0 fully saturated rings. The van der Waals surface area contributed by atoms with Crippen molar-refractivity contribution >= 4 is 5.69 Å². The molecule has 1 unspecified atom stereocenters. The number of aliphatic hydroxyl groups is 2. The zero-order chi connectivity index (χ0) is 13.1. The summed E-state index contributed by atoms with van der Waals surface area (Å²) in [5.74, 6) is 0. The van der Waals surface area contributed by atoms with Crippen molar-refractivity contribution in [1.29, 1.82) is 0 Å². The second kappa shape index (κ2) is 5.42. The van der Waals surface area contributed by atoms with Crippen molar-refractivity contribution in [2.45, 2.75) is 32.0 Å². The van der Waals surface area contributed by atoms with Crippen LogP contribution in [0.5, 0.6) is 0 Å². The highest BCUT2D eigenvalue weighted by Crippen LogP contribution is 2.32. The van der Waals surface area contributed by atoms with Crippen molar-refractivity contribution in [3.63, 3.8) is 0 Å².